The summed E-state index contributed by atoms with van der Waals surface area (Å²) in [6, 6.07) is 3.27. The van der Waals surface area contributed by atoms with Gasteiger partial charge in [0.25, 0.3) is 5.91 Å². The molecule has 1 aromatic heterocycles. The highest BCUT2D eigenvalue weighted by atomic mass is 35.5. The molecule has 104 valence electrons. The largest absolute Gasteiger partial charge is 0.384 e. The summed E-state index contributed by atoms with van der Waals surface area (Å²) >= 11 is 5.81. The molecular formula is C13H19ClN4O. The normalized spacial score (nSPS) is 24.2. The van der Waals surface area contributed by atoms with E-state index in [2.05, 4.69) is 29.2 Å². The molecule has 1 aliphatic heterocycles. The van der Waals surface area contributed by atoms with Crippen LogP contribution in [0.5, 0.6) is 0 Å². The van der Waals surface area contributed by atoms with Gasteiger partial charge in [-0.1, -0.05) is 18.5 Å². The van der Waals surface area contributed by atoms with Gasteiger partial charge in [0, 0.05) is 18.2 Å². The minimum Gasteiger partial charge on any atom is -0.384 e. The summed E-state index contributed by atoms with van der Waals surface area (Å²) in [4.78, 5) is 18.3. The Morgan fingerprint density at radius 3 is 2.95 bits per heavy atom. The second-order valence-electron chi connectivity index (χ2n) is 5.21. The predicted molar refractivity (Wildman–Crippen MR) is 76.2 cm³/mol. The first-order chi connectivity index (χ1) is 8.95. The quantitative estimate of drug-likeness (QED) is 0.804. The molecule has 5 nitrogen and oxygen atoms in total. The van der Waals surface area contributed by atoms with E-state index >= 15 is 0 Å². The average molecular weight is 283 g/mol. The number of anilines is 1. The number of amides is 1. The number of nitrogens with two attached hydrogens (primary N) is 1. The number of pyridine rings is 1. The van der Waals surface area contributed by atoms with Gasteiger partial charge in [-0.25, -0.2) is 4.98 Å². The molecule has 0 spiro atoms. The fourth-order valence-electron chi connectivity index (χ4n) is 2.47. The molecule has 0 aromatic carbocycles. The highest BCUT2D eigenvalue weighted by Gasteiger charge is 2.25. The van der Waals surface area contributed by atoms with Gasteiger partial charge in [-0.2, -0.15) is 0 Å². The van der Waals surface area contributed by atoms with Gasteiger partial charge >= 0.3 is 0 Å². The summed E-state index contributed by atoms with van der Waals surface area (Å²) in [5.74, 6) is 0.545. The van der Waals surface area contributed by atoms with Crippen LogP contribution >= 0.6 is 11.6 Å². The minimum absolute atomic E-state index is 0.141. The lowest BCUT2D eigenvalue weighted by Gasteiger charge is -2.35. The monoisotopic (exact) mass is 282 g/mol. The molecule has 0 aliphatic carbocycles. The number of hydrogen-bond donors (Lipinski definition) is 2. The van der Waals surface area contributed by atoms with Crippen molar-refractivity contribution in [2.24, 2.45) is 5.92 Å². The Labute approximate surface area is 118 Å². The maximum atomic E-state index is 12.2. The van der Waals surface area contributed by atoms with E-state index in [0.717, 1.165) is 19.5 Å². The molecule has 2 unspecified atom stereocenters. The van der Waals surface area contributed by atoms with Gasteiger partial charge in [0.05, 0.1) is 0 Å². The summed E-state index contributed by atoms with van der Waals surface area (Å²) in [6.45, 7) is 4.13. The molecule has 19 heavy (non-hydrogen) atoms. The van der Waals surface area contributed by atoms with E-state index in [1.54, 1.807) is 6.07 Å². The van der Waals surface area contributed by atoms with Crippen molar-refractivity contribution in [3.63, 3.8) is 0 Å². The van der Waals surface area contributed by atoms with Gasteiger partial charge in [0.2, 0.25) is 0 Å². The Morgan fingerprint density at radius 1 is 1.58 bits per heavy atom. The Kier molecular flexibility index (Phi) is 4.27. The summed E-state index contributed by atoms with van der Waals surface area (Å²) in [5.41, 5.74) is 6.06. The number of aromatic nitrogens is 1. The Bertz CT molecular complexity index is 459. The van der Waals surface area contributed by atoms with Gasteiger partial charge in [0.15, 0.2) is 0 Å². The van der Waals surface area contributed by atoms with Crippen molar-refractivity contribution in [3.8, 4) is 0 Å². The fourth-order valence-corrected chi connectivity index (χ4v) is 2.68. The molecule has 2 rings (SSSR count). The Hall–Kier alpha value is -1.33. The van der Waals surface area contributed by atoms with Crippen LogP contribution in [-0.4, -0.2) is 42.0 Å². The van der Waals surface area contributed by atoms with E-state index in [-0.39, 0.29) is 22.9 Å². The first kappa shape index (κ1) is 14.1. The molecule has 0 radical (unpaired) electrons. The molecule has 3 N–H and O–H groups in total. The van der Waals surface area contributed by atoms with E-state index in [1.807, 2.05) is 0 Å². The number of nitrogen functional groups attached to an aromatic ring is 1. The van der Waals surface area contributed by atoms with Gasteiger partial charge in [-0.3, -0.25) is 4.79 Å². The third-order valence-electron chi connectivity index (χ3n) is 3.50. The Morgan fingerprint density at radius 2 is 2.32 bits per heavy atom. The zero-order chi connectivity index (χ0) is 14.0. The Balaban J connectivity index is 2.04. The van der Waals surface area contributed by atoms with Crippen molar-refractivity contribution in [2.45, 2.75) is 19.4 Å². The molecule has 1 aromatic rings. The van der Waals surface area contributed by atoms with Crippen molar-refractivity contribution in [2.75, 3.05) is 25.9 Å². The molecule has 2 heterocycles. The summed E-state index contributed by atoms with van der Waals surface area (Å²) in [6.07, 6.45) is 0.956. The lowest BCUT2D eigenvalue weighted by Crippen LogP contribution is -2.48. The maximum Gasteiger partial charge on any atom is 0.251 e. The molecule has 6 heteroatoms. The standard InChI is InChI=1S/C13H19ClN4O/c1-8-7-18(2)4-3-10(8)16-13(19)9-5-11(14)17-12(15)6-9/h5-6,8,10H,3-4,7H2,1-2H3,(H2,15,17)(H,16,19). The first-order valence-electron chi connectivity index (χ1n) is 6.38. The van der Waals surface area contributed by atoms with Gasteiger partial charge in [-0.05, 0) is 38.1 Å². The zero-order valence-electron chi connectivity index (χ0n) is 11.2. The number of nitrogens with one attached hydrogen (secondary N) is 1. The van der Waals surface area contributed by atoms with Crippen LogP contribution < -0.4 is 11.1 Å². The number of piperidine rings is 1. The van der Waals surface area contributed by atoms with Crippen LogP contribution in [0.3, 0.4) is 0 Å². The predicted octanol–water partition coefficient (Wildman–Crippen LogP) is 1.39. The van der Waals surface area contributed by atoms with E-state index < -0.39 is 0 Å². The van der Waals surface area contributed by atoms with E-state index in [0.29, 0.717) is 11.5 Å². The van der Waals surface area contributed by atoms with E-state index in [4.69, 9.17) is 17.3 Å². The third kappa shape index (κ3) is 3.58. The number of likely N-dealkylation sites (tertiary alicyclic amines) is 1. The van der Waals surface area contributed by atoms with E-state index in [1.165, 1.54) is 6.07 Å². The number of rotatable bonds is 2. The SMILES string of the molecule is CC1CN(C)CCC1NC(=O)c1cc(N)nc(Cl)c1. The highest BCUT2D eigenvalue weighted by Crippen LogP contribution is 2.17. The highest BCUT2D eigenvalue weighted by molar-refractivity contribution is 6.29. The van der Waals surface area contributed by atoms with Crippen LogP contribution in [0.15, 0.2) is 12.1 Å². The lowest BCUT2D eigenvalue weighted by atomic mass is 9.94. The molecular weight excluding hydrogens is 264 g/mol. The van der Waals surface area contributed by atoms with Crippen molar-refractivity contribution in [1.29, 1.82) is 0 Å². The van der Waals surface area contributed by atoms with Crippen LogP contribution in [0.25, 0.3) is 0 Å². The van der Waals surface area contributed by atoms with Crippen molar-refractivity contribution in [1.82, 2.24) is 15.2 Å². The second kappa shape index (κ2) is 5.75. The van der Waals surface area contributed by atoms with Crippen molar-refractivity contribution >= 4 is 23.3 Å². The van der Waals surface area contributed by atoms with Gasteiger partial charge in [-0.15, -0.1) is 0 Å². The lowest BCUT2D eigenvalue weighted by molar-refractivity contribution is 0.0884. The van der Waals surface area contributed by atoms with Crippen molar-refractivity contribution < 1.29 is 4.79 Å². The van der Waals surface area contributed by atoms with E-state index in [9.17, 15) is 4.79 Å². The minimum atomic E-state index is -0.141. The van der Waals surface area contributed by atoms with Gasteiger partial charge < -0.3 is 16.0 Å². The van der Waals surface area contributed by atoms with Crippen LogP contribution in [0.4, 0.5) is 5.82 Å². The molecule has 2 atom stereocenters. The van der Waals surface area contributed by atoms with Crippen LogP contribution in [0.2, 0.25) is 5.15 Å². The average Bonchev–Trinajstić information content (AvgIpc) is 2.31. The molecule has 1 aliphatic rings. The summed E-state index contributed by atoms with van der Waals surface area (Å²) in [5, 5.41) is 3.29. The zero-order valence-corrected chi connectivity index (χ0v) is 11.9. The van der Waals surface area contributed by atoms with Crippen molar-refractivity contribution in [3.05, 3.63) is 22.8 Å². The van der Waals surface area contributed by atoms with Crippen LogP contribution in [0.1, 0.15) is 23.7 Å². The topological polar surface area (TPSA) is 71.2 Å². The molecule has 1 saturated heterocycles. The second-order valence-corrected chi connectivity index (χ2v) is 5.60. The molecule has 0 saturated carbocycles. The number of carbonyl (C=O) groups excluding carboxylic acids is 1. The van der Waals surface area contributed by atoms with Crippen LogP contribution in [0, 0.1) is 5.92 Å². The number of nitrogens with zero attached hydrogens (tertiary/aromatic N) is 2. The molecule has 1 amide bonds. The molecule has 0 bridgehead atoms. The van der Waals surface area contributed by atoms with Gasteiger partial charge in [0.1, 0.15) is 11.0 Å². The number of halogens is 1. The molecule has 1 fully saturated rings. The fraction of sp³-hybridized carbons (Fsp3) is 0.538. The maximum absolute atomic E-state index is 12.2. The smallest absolute Gasteiger partial charge is 0.251 e. The third-order valence-corrected chi connectivity index (χ3v) is 3.69. The van der Waals surface area contributed by atoms with Crippen LogP contribution in [-0.2, 0) is 0 Å². The number of hydrogen-bond acceptors (Lipinski definition) is 4. The summed E-state index contributed by atoms with van der Waals surface area (Å²) < 4.78 is 0. The summed E-state index contributed by atoms with van der Waals surface area (Å²) in [7, 11) is 2.10. The number of carbonyl (C=O) groups is 1. The first-order valence-corrected chi connectivity index (χ1v) is 6.76.